The first-order chi connectivity index (χ1) is 8.57. The van der Waals surface area contributed by atoms with E-state index in [0.29, 0.717) is 12.8 Å². The van der Waals surface area contributed by atoms with Crippen LogP contribution in [0.3, 0.4) is 0 Å². The molecule has 0 aliphatic carbocycles. The number of hydrogen-bond donors (Lipinski definition) is 1. The molecule has 0 radical (unpaired) electrons. The van der Waals surface area contributed by atoms with E-state index in [1.165, 1.54) is 0 Å². The monoisotopic (exact) mass is 269 g/mol. The summed E-state index contributed by atoms with van der Waals surface area (Å²) in [6.07, 6.45) is 0.979. The zero-order valence-electron chi connectivity index (χ0n) is 9.83. The Kier molecular flexibility index (Phi) is 3.98. The zero-order valence-corrected chi connectivity index (χ0v) is 10.7. The molecule has 98 valence electrons. The van der Waals surface area contributed by atoms with E-state index in [0.717, 1.165) is 5.56 Å². The fourth-order valence-electron chi connectivity index (χ4n) is 1.81. The predicted molar refractivity (Wildman–Crippen MR) is 66.2 cm³/mol. The van der Waals surface area contributed by atoms with Crippen LogP contribution in [-0.4, -0.2) is 26.2 Å². The van der Waals surface area contributed by atoms with Crippen LogP contribution in [0.2, 0.25) is 0 Å². The van der Waals surface area contributed by atoms with Gasteiger partial charge in [-0.2, -0.15) is 0 Å². The molecular formula is C12H15NO4S. The van der Waals surface area contributed by atoms with Crippen molar-refractivity contribution in [3.8, 4) is 0 Å². The molecule has 0 saturated carbocycles. The predicted octanol–water partition coefficient (Wildman–Crippen LogP) is 0.812. The molecule has 1 atom stereocenters. The molecule has 1 unspecified atom stereocenters. The van der Waals surface area contributed by atoms with Crippen LogP contribution < -0.4 is 4.72 Å². The van der Waals surface area contributed by atoms with E-state index >= 15 is 0 Å². The SMILES string of the molecule is O=C(OCc1ccccc1)C1CCCS(=O)(=O)N1. The van der Waals surface area contributed by atoms with E-state index in [1.54, 1.807) is 0 Å². The van der Waals surface area contributed by atoms with Crippen molar-refractivity contribution in [2.45, 2.75) is 25.5 Å². The summed E-state index contributed by atoms with van der Waals surface area (Å²) in [5, 5.41) is 0. The molecule has 0 aromatic heterocycles. The highest BCUT2D eigenvalue weighted by Crippen LogP contribution is 2.11. The van der Waals surface area contributed by atoms with Crippen LogP contribution in [0.25, 0.3) is 0 Å². The summed E-state index contributed by atoms with van der Waals surface area (Å²) in [6, 6.07) is 8.53. The van der Waals surface area contributed by atoms with Gasteiger partial charge in [-0.1, -0.05) is 30.3 Å². The van der Waals surface area contributed by atoms with Gasteiger partial charge < -0.3 is 4.74 Å². The lowest BCUT2D eigenvalue weighted by Crippen LogP contribution is -2.46. The van der Waals surface area contributed by atoms with Crippen molar-refractivity contribution in [3.63, 3.8) is 0 Å². The lowest BCUT2D eigenvalue weighted by atomic mass is 10.2. The molecule has 6 heteroatoms. The number of hydrogen-bond acceptors (Lipinski definition) is 4. The highest BCUT2D eigenvalue weighted by atomic mass is 32.2. The van der Waals surface area contributed by atoms with E-state index in [1.807, 2.05) is 30.3 Å². The van der Waals surface area contributed by atoms with Crippen LogP contribution in [0.4, 0.5) is 0 Å². The molecule has 0 amide bonds. The molecule has 1 fully saturated rings. The summed E-state index contributed by atoms with van der Waals surface area (Å²) < 4.78 is 30.1. The number of ether oxygens (including phenoxy) is 1. The molecule has 1 N–H and O–H groups in total. The normalized spacial score (nSPS) is 22.3. The molecule has 0 spiro atoms. The van der Waals surface area contributed by atoms with Crippen molar-refractivity contribution in [1.29, 1.82) is 0 Å². The Hall–Kier alpha value is -1.40. The van der Waals surface area contributed by atoms with Crippen LogP contribution in [0.1, 0.15) is 18.4 Å². The van der Waals surface area contributed by atoms with Crippen LogP contribution in [0.15, 0.2) is 30.3 Å². The summed E-state index contributed by atoms with van der Waals surface area (Å²) in [6.45, 7) is 0.165. The van der Waals surface area contributed by atoms with E-state index in [9.17, 15) is 13.2 Å². The number of esters is 1. The van der Waals surface area contributed by atoms with Crippen molar-refractivity contribution in [2.24, 2.45) is 0 Å². The molecule has 18 heavy (non-hydrogen) atoms. The second-order valence-electron chi connectivity index (χ2n) is 4.22. The topological polar surface area (TPSA) is 72.5 Å². The Balaban J connectivity index is 1.89. The Morgan fingerprint density at radius 2 is 2.06 bits per heavy atom. The minimum absolute atomic E-state index is 0.0788. The molecule has 0 bridgehead atoms. The molecule has 1 aliphatic rings. The van der Waals surface area contributed by atoms with Gasteiger partial charge in [-0.3, -0.25) is 4.79 Å². The molecule has 1 aromatic rings. The lowest BCUT2D eigenvalue weighted by molar-refractivity contribution is -0.147. The highest BCUT2D eigenvalue weighted by Gasteiger charge is 2.29. The van der Waals surface area contributed by atoms with Gasteiger partial charge in [0, 0.05) is 0 Å². The van der Waals surface area contributed by atoms with E-state index in [-0.39, 0.29) is 12.4 Å². The van der Waals surface area contributed by atoms with Gasteiger partial charge in [0.05, 0.1) is 5.75 Å². The smallest absolute Gasteiger partial charge is 0.324 e. The van der Waals surface area contributed by atoms with E-state index < -0.39 is 22.0 Å². The number of carbonyl (C=O) groups excluding carboxylic acids is 1. The van der Waals surface area contributed by atoms with Crippen LogP contribution in [-0.2, 0) is 26.2 Å². The van der Waals surface area contributed by atoms with Gasteiger partial charge in [0.2, 0.25) is 10.0 Å². The third-order valence-electron chi connectivity index (χ3n) is 2.74. The second kappa shape index (κ2) is 5.49. The van der Waals surface area contributed by atoms with Crippen LogP contribution in [0, 0.1) is 0 Å². The third-order valence-corrected chi connectivity index (χ3v) is 4.21. The average Bonchev–Trinajstić information content (AvgIpc) is 2.36. The lowest BCUT2D eigenvalue weighted by Gasteiger charge is -2.21. The average molecular weight is 269 g/mol. The number of benzene rings is 1. The molecular weight excluding hydrogens is 254 g/mol. The summed E-state index contributed by atoms with van der Waals surface area (Å²) >= 11 is 0. The van der Waals surface area contributed by atoms with Crippen LogP contribution >= 0.6 is 0 Å². The molecule has 1 heterocycles. The van der Waals surface area contributed by atoms with Crippen molar-refractivity contribution < 1.29 is 17.9 Å². The van der Waals surface area contributed by atoms with Crippen molar-refractivity contribution >= 4 is 16.0 Å². The largest absolute Gasteiger partial charge is 0.460 e. The Morgan fingerprint density at radius 3 is 2.72 bits per heavy atom. The van der Waals surface area contributed by atoms with Gasteiger partial charge in [0.1, 0.15) is 12.6 Å². The Labute approximate surface area is 106 Å². The summed E-state index contributed by atoms with van der Waals surface area (Å²) in [7, 11) is -3.31. The van der Waals surface area contributed by atoms with Crippen molar-refractivity contribution in [3.05, 3.63) is 35.9 Å². The summed E-state index contributed by atoms with van der Waals surface area (Å²) in [5.41, 5.74) is 0.879. The van der Waals surface area contributed by atoms with Gasteiger partial charge in [-0.25, -0.2) is 13.1 Å². The summed E-state index contributed by atoms with van der Waals surface area (Å²) in [4.78, 5) is 11.7. The Morgan fingerprint density at radius 1 is 1.33 bits per heavy atom. The first-order valence-electron chi connectivity index (χ1n) is 5.77. The first kappa shape index (κ1) is 13.0. The number of nitrogens with one attached hydrogen (secondary N) is 1. The van der Waals surface area contributed by atoms with Crippen molar-refractivity contribution in [1.82, 2.24) is 4.72 Å². The number of rotatable bonds is 3. The fourth-order valence-corrected chi connectivity index (χ4v) is 3.12. The molecule has 1 aliphatic heterocycles. The summed E-state index contributed by atoms with van der Waals surface area (Å²) in [5.74, 6) is -0.433. The maximum absolute atomic E-state index is 11.7. The standard InChI is InChI=1S/C12H15NO4S/c14-12(11-7-4-8-18(15,16)13-11)17-9-10-5-2-1-3-6-10/h1-3,5-6,11,13H,4,7-9H2. The van der Waals surface area contributed by atoms with Crippen molar-refractivity contribution in [2.75, 3.05) is 5.75 Å². The van der Waals surface area contributed by atoms with E-state index in [4.69, 9.17) is 4.74 Å². The third kappa shape index (κ3) is 3.54. The second-order valence-corrected chi connectivity index (χ2v) is 6.10. The molecule has 1 aromatic carbocycles. The highest BCUT2D eigenvalue weighted by molar-refractivity contribution is 7.89. The van der Waals surface area contributed by atoms with Gasteiger partial charge in [-0.15, -0.1) is 0 Å². The number of carbonyl (C=O) groups is 1. The minimum atomic E-state index is -3.31. The molecule has 1 saturated heterocycles. The quantitative estimate of drug-likeness (QED) is 0.824. The van der Waals surface area contributed by atoms with E-state index in [2.05, 4.69) is 4.72 Å². The molecule has 5 nitrogen and oxygen atoms in total. The minimum Gasteiger partial charge on any atom is -0.460 e. The maximum Gasteiger partial charge on any atom is 0.324 e. The first-order valence-corrected chi connectivity index (χ1v) is 7.43. The molecule has 2 rings (SSSR count). The fraction of sp³-hybridized carbons (Fsp3) is 0.417. The van der Waals surface area contributed by atoms with Crippen LogP contribution in [0.5, 0.6) is 0 Å². The van der Waals surface area contributed by atoms with Gasteiger partial charge in [0.15, 0.2) is 0 Å². The maximum atomic E-state index is 11.7. The van der Waals surface area contributed by atoms with Gasteiger partial charge >= 0.3 is 5.97 Å². The number of sulfonamides is 1. The zero-order chi connectivity index (χ0) is 13.0. The van der Waals surface area contributed by atoms with Gasteiger partial charge in [-0.05, 0) is 18.4 Å². The van der Waals surface area contributed by atoms with Gasteiger partial charge in [0.25, 0.3) is 0 Å². The Bertz CT molecular complexity index is 512.